The van der Waals surface area contributed by atoms with Crippen LogP contribution in [0.1, 0.15) is 23.6 Å². The maximum Gasteiger partial charge on any atom is 0.432 e. The first-order valence-electron chi connectivity index (χ1n) is 11.5. The Morgan fingerprint density at radius 3 is 1.73 bits per heavy atom. The summed E-state index contributed by atoms with van der Waals surface area (Å²) < 4.78 is 151. The van der Waals surface area contributed by atoms with Crippen LogP contribution in [-0.4, -0.2) is 6.61 Å². The lowest BCUT2D eigenvalue weighted by molar-refractivity contribution is -0.189. The van der Waals surface area contributed by atoms with Crippen molar-refractivity contribution in [3.63, 3.8) is 0 Å². The molecule has 0 radical (unpaired) electrons. The van der Waals surface area contributed by atoms with Crippen LogP contribution < -0.4 is 9.47 Å². The van der Waals surface area contributed by atoms with E-state index in [2.05, 4.69) is 4.74 Å². The average molecular weight is 584 g/mol. The van der Waals surface area contributed by atoms with Crippen LogP contribution in [0, 0.1) is 58.4 Å². The maximum atomic E-state index is 14.7. The molecule has 0 aliphatic heterocycles. The summed E-state index contributed by atoms with van der Waals surface area (Å²) >= 11 is 0. The lowest BCUT2D eigenvalue weighted by Crippen LogP contribution is -2.25. The average Bonchev–Trinajstić information content (AvgIpc) is 2.86. The van der Waals surface area contributed by atoms with Gasteiger partial charge >= 0.3 is 6.11 Å². The molecule has 0 atom stereocenters. The predicted molar refractivity (Wildman–Crippen MR) is 126 cm³/mol. The number of ether oxygens (including phenoxy) is 2. The molecule has 12 heteroatoms. The molecule has 0 heterocycles. The molecule has 0 N–H and O–H groups in total. The predicted octanol–water partition coefficient (Wildman–Crippen LogP) is 8.39. The fourth-order valence-electron chi connectivity index (χ4n) is 3.68. The third-order valence-corrected chi connectivity index (χ3v) is 5.47. The zero-order valence-corrected chi connectivity index (χ0v) is 20.5. The molecule has 4 aromatic carbocycles. The van der Waals surface area contributed by atoms with E-state index in [1.54, 1.807) is 6.92 Å². The second kappa shape index (κ2) is 11.4. The number of hydrogen-bond donors (Lipinski definition) is 0. The summed E-state index contributed by atoms with van der Waals surface area (Å²) in [6.07, 6.45) is -4.83. The molecule has 212 valence electrons. The van der Waals surface area contributed by atoms with Gasteiger partial charge in [0, 0.05) is 29.3 Å². The normalized spacial score (nSPS) is 11.2. The van der Waals surface area contributed by atoms with E-state index in [4.69, 9.17) is 4.74 Å². The van der Waals surface area contributed by atoms with Crippen molar-refractivity contribution in [3.05, 3.63) is 118 Å². The van der Waals surface area contributed by atoms with Crippen LogP contribution in [0.3, 0.4) is 0 Å². The third-order valence-electron chi connectivity index (χ3n) is 5.47. The quantitative estimate of drug-likeness (QED) is 0.129. The van der Waals surface area contributed by atoms with Crippen molar-refractivity contribution >= 4 is 0 Å². The summed E-state index contributed by atoms with van der Waals surface area (Å²) in [6.45, 7) is 1.94. The smallest absolute Gasteiger partial charge is 0.432 e. The number of halogens is 10. The lowest BCUT2D eigenvalue weighted by Gasteiger charge is -2.19. The molecule has 4 rings (SSSR count). The van der Waals surface area contributed by atoms with Crippen molar-refractivity contribution in [2.75, 3.05) is 6.61 Å². The van der Waals surface area contributed by atoms with E-state index in [-0.39, 0.29) is 35.6 Å². The summed E-state index contributed by atoms with van der Waals surface area (Å²) in [6, 6.07) is 5.89. The Hall–Kier alpha value is -4.66. The monoisotopic (exact) mass is 584 g/mol. The van der Waals surface area contributed by atoms with Crippen LogP contribution >= 0.6 is 0 Å². The highest BCUT2D eigenvalue weighted by molar-refractivity contribution is 5.66. The van der Waals surface area contributed by atoms with Gasteiger partial charge in [0.1, 0.15) is 46.1 Å². The number of hydrogen-bond acceptors (Lipinski definition) is 2. The highest BCUT2D eigenvalue weighted by Crippen LogP contribution is 2.36. The van der Waals surface area contributed by atoms with Crippen molar-refractivity contribution in [1.82, 2.24) is 0 Å². The SMILES string of the molecule is CCOc1ccc(-c2cc(F)c(C#Cc3cc(F)c(C(F)(F)Oc4cc(F)c(F)c(F)c4)c(F)c3)c(F)c2)c(F)c1. The minimum Gasteiger partial charge on any atom is -0.494 e. The van der Waals surface area contributed by atoms with Gasteiger partial charge < -0.3 is 9.47 Å². The molecule has 0 saturated carbocycles. The van der Waals surface area contributed by atoms with Crippen LogP contribution in [0.15, 0.2) is 54.6 Å². The van der Waals surface area contributed by atoms with Crippen LogP contribution in [-0.2, 0) is 6.11 Å². The topological polar surface area (TPSA) is 18.5 Å². The molecule has 0 fully saturated rings. The summed E-state index contributed by atoms with van der Waals surface area (Å²) in [7, 11) is 0. The summed E-state index contributed by atoms with van der Waals surface area (Å²) in [5.74, 6) is -9.97. The molecule has 0 aliphatic carbocycles. The van der Waals surface area contributed by atoms with E-state index in [9.17, 15) is 43.9 Å². The Kier molecular flexibility index (Phi) is 8.19. The van der Waals surface area contributed by atoms with Gasteiger partial charge in [-0.2, -0.15) is 8.78 Å². The van der Waals surface area contributed by atoms with E-state index >= 15 is 0 Å². The van der Waals surface area contributed by atoms with Crippen LogP contribution in [0.2, 0.25) is 0 Å². The van der Waals surface area contributed by atoms with Gasteiger partial charge in [0.05, 0.1) is 12.2 Å². The molecule has 0 saturated heterocycles. The van der Waals surface area contributed by atoms with Crippen molar-refractivity contribution in [1.29, 1.82) is 0 Å². The van der Waals surface area contributed by atoms with E-state index in [0.717, 1.165) is 18.2 Å². The molecule has 41 heavy (non-hydrogen) atoms. The van der Waals surface area contributed by atoms with Gasteiger partial charge in [0.25, 0.3) is 0 Å². The second-order valence-electron chi connectivity index (χ2n) is 8.27. The van der Waals surface area contributed by atoms with Gasteiger partial charge in [-0.1, -0.05) is 11.8 Å². The van der Waals surface area contributed by atoms with Gasteiger partial charge in [-0.3, -0.25) is 0 Å². The Morgan fingerprint density at radius 1 is 0.634 bits per heavy atom. The van der Waals surface area contributed by atoms with Gasteiger partial charge in [-0.05, 0) is 48.9 Å². The summed E-state index contributed by atoms with van der Waals surface area (Å²) in [4.78, 5) is 0. The third kappa shape index (κ3) is 6.24. The van der Waals surface area contributed by atoms with Crippen LogP contribution in [0.25, 0.3) is 11.1 Å². The molecule has 0 aromatic heterocycles. The molecule has 0 aliphatic rings. The van der Waals surface area contributed by atoms with Gasteiger partial charge in [-0.15, -0.1) is 0 Å². The van der Waals surface area contributed by atoms with E-state index in [1.807, 2.05) is 11.8 Å². The number of benzene rings is 4. The van der Waals surface area contributed by atoms with Gasteiger partial charge in [0.2, 0.25) is 0 Å². The van der Waals surface area contributed by atoms with Crippen molar-refractivity contribution in [2.45, 2.75) is 13.0 Å². The largest absolute Gasteiger partial charge is 0.494 e. The minimum absolute atomic E-state index is 0.0423. The standard InChI is InChI=1S/C29H14F10O2/c1-2-40-16-4-6-18(22(32)11-16)15-9-20(30)19(21(31)10-15)5-3-14-7-23(33)27(24(34)8-14)29(38,39)41-17-12-25(35)28(37)26(36)13-17/h4,6-13H,2H2,1H3. The zero-order chi connectivity index (χ0) is 30.1. The van der Waals surface area contributed by atoms with E-state index < -0.39 is 75.1 Å². The van der Waals surface area contributed by atoms with Gasteiger partial charge in [0.15, 0.2) is 17.5 Å². The highest BCUT2D eigenvalue weighted by Gasteiger charge is 2.41. The molecular formula is C29H14F10O2. The molecule has 0 unspecified atom stereocenters. The van der Waals surface area contributed by atoms with E-state index in [0.29, 0.717) is 12.1 Å². The first kappa shape index (κ1) is 29.3. The molecule has 2 nitrogen and oxygen atoms in total. The minimum atomic E-state index is -4.83. The lowest BCUT2D eigenvalue weighted by atomic mass is 10.0. The second-order valence-corrected chi connectivity index (χ2v) is 8.27. The van der Waals surface area contributed by atoms with Crippen molar-refractivity contribution in [3.8, 4) is 34.5 Å². The maximum absolute atomic E-state index is 14.7. The fraction of sp³-hybridized carbons (Fsp3) is 0.103. The Labute approximate surface area is 225 Å². The Bertz CT molecular complexity index is 1640. The number of alkyl halides is 2. The van der Waals surface area contributed by atoms with E-state index in [1.165, 1.54) is 12.1 Å². The fourth-order valence-corrected chi connectivity index (χ4v) is 3.68. The number of rotatable bonds is 6. The molecule has 0 amide bonds. The first-order chi connectivity index (χ1) is 19.3. The Morgan fingerprint density at radius 2 is 1.20 bits per heavy atom. The van der Waals surface area contributed by atoms with Gasteiger partial charge in [-0.25, -0.2) is 35.1 Å². The molecular weight excluding hydrogens is 570 g/mol. The summed E-state index contributed by atoms with van der Waals surface area (Å²) in [5, 5.41) is 0. The van der Waals surface area contributed by atoms with Crippen LogP contribution in [0.5, 0.6) is 11.5 Å². The highest BCUT2D eigenvalue weighted by atomic mass is 19.3. The summed E-state index contributed by atoms with van der Waals surface area (Å²) in [5.41, 5.74) is -3.81. The molecule has 4 aromatic rings. The van der Waals surface area contributed by atoms with Crippen LogP contribution in [0.4, 0.5) is 43.9 Å². The zero-order valence-electron chi connectivity index (χ0n) is 20.5. The molecule has 0 bridgehead atoms. The Balaban J connectivity index is 1.62. The molecule has 0 spiro atoms. The first-order valence-corrected chi connectivity index (χ1v) is 11.5. The van der Waals surface area contributed by atoms with Crippen molar-refractivity contribution in [2.24, 2.45) is 0 Å². The van der Waals surface area contributed by atoms with Crippen molar-refractivity contribution < 1.29 is 53.4 Å².